The van der Waals surface area contributed by atoms with Crippen molar-refractivity contribution in [1.29, 1.82) is 0 Å². The van der Waals surface area contributed by atoms with E-state index in [-0.39, 0.29) is 11.2 Å². The molecule has 0 saturated carbocycles. The zero-order valence-corrected chi connectivity index (χ0v) is 13.5. The van der Waals surface area contributed by atoms with E-state index in [1.807, 2.05) is 31.2 Å². The van der Waals surface area contributed by atoms with Gasteiger partial charge in [-0.2, -0.15) is 0 Å². The van der Waals surface area contributed by atoms with Gasteiger partial charge in [-0.15, -0.1) is 0 Å². The Balaban J connectivity index is 2.20. The molecular formula is C19H21ClO. The predicted molar refractivity (Wildman–Crippen MR) is 89.0 cm³/mol. The Labute approximate surface area is 132 Å². The molecule has 0 aliphatic heterocycles. The van der Waals surface area contributed by atoms with E-state index in [0.29, 0.717) is 12.3 Å². The second-order valence-corrected chi connectivity index (χ2v) is 6.24. The molecule has 0 bridgehead atoms. The van der Waals surface area contributed by atoms with Gasteiger partial charge in [-0.1, -0.05) is 67.9 Å². The summed E-state index contributed by atoms with van der Waals surface area (Å²) >= 11 is 5.81. The number of aryl methyl sites for hydroxylation is 1. The Hall–Kier alpha value is -1.60. The highest BCUT2D eigenvalue weighted by Gasteiger charge is 2.19. The van der Waals surface area contributed by atoms with E-state index in [4.69, 9.17) is 11.6 Å². The van der Waals surface area contributed by atoms with Crippen molar-refractivity contribution < 1.29 is 4.79 Å². The summed E-state index contributed by atoms with van der Waals surface area (Å²) in [4.78, 5) is 11.8. The van der Waals surface area contributed by atoms with Gasteiger partial charge in [0.1, 0.15) is 0 Å². The molecule has 21 heavy (non-hydrogen) atoms. The van der Waals surface area contributed by atoms with Gasteiger partial charge in [0.2, 0.25) is 5.24 Å². The van der Waals surface area contributed by atoms with Gasteiger partial charge in [-0.25, -0.2) is 0 Å². The van der Waals surface area contributed by atoms with Crippen molar-refractivity contribution in [2.75, 3.05) is 0 Å². The van der Waals surface area contributed by atoms with Crippen molar-refractivity contribution in [1.82, 2.24) is 0 Å². The lowest BCUT2D eigenvalue weighted by molar-refractivity contribution is -0.113. The molecule has 2 aromatic carbocycles. The van der Waals surface area contributed by atoms with Crippen LogP contribution in [-0.4, -0.2) is 5.24 Å². The van der Waals surface area contributed by atoms with Crippen LogP contribution < -0.4 is 0 Å². The van der Waals surface area contributed by atoms with Gasteiger partial charge in [-0.05, 0) is 47.6 Å². The lowest BCUT2D eigenvalue weighted by atomic mass is 9.91. The number of benzene rings is 2. The highest BCUT2D eigenvalue weighted by Crippen LogP contribution is 2.25. The molecule has 0 fully saturated rings. The van der Waals surface area contributed by atoms with Crippen molar-refractivity contribution in [3.8, 4) is 0 Å². The predicted octanol–water partition coefficient (Wildman–Crippen LogP) is 5.21. The number of hydrogen-bond acceptors (Lipinski definition) is 1. The van der Waals surface area contributed by atoms with Crippen molar-refractivity contribution in [2.24, 2.45) is 0 Å². The molecule has 2 heteroatoms. The Morgan fingerprint density at radius 3 is 1.95 bits per heavy atom. The Bertz CT molecular complexity index is 596. The lowest BCUT2D eigenvalue weighted by Crippen LogP contribution is -2.10. The molecule has 0 heterocycles. The third-order valence-corrected chi connectivity index (χ3v) is 4.10. The molecule has 0 radical (unpaired) electrons. The highest BCUT2D eigenvalue weighted by atomic mass is 35.5. The van der Waals surface area contributed by atoms with Crippen LogP contribution in [0.4, 0.5) is 0 Å². The Morgan fingerprint density at radius 1 is 0.952 bits per heavy atom. The molecule has 2 rings (SSSR count). The number of halogens is 1. The van der Waals surface area contributed by atoms with Crippen LogP contribution in [0.15, 0.2) is 48.5 Å². The first-order chi connectivity index (χ1) is 9.97. The van der Waals surface area contributed by atoms with Gasteiger partial charge in [-0.3, -0.25) is 4.79 Å². The quantitative estimate of drug-likeness (QED) is 0.693. The van der Waals surface area contributed by atoms with Crippen LogP contribution in [0, 0.1) is 6.92 Å². The molecule has 0 N–H and O–H groups in total. The number of carbonyl (C=O) groups is 1. The summed E-state index contributed by atoms with van der Waals surface area (Å²) in [6.07, 6.45) is 0.643. The summed E-state index contributed by atoms with van der Waals surface area (Å²) in [6.45, 7) is 6.38. The summed E-state index contributed by atoms with van der Waals surface area (Å²) in [5.41, 5.74) is 4.61. The minimum Gasteiger partial charge on any atom is -0.281 e. The molecule has 0 amide bonds. The van der Waals surface area contributed by atoms with Crippen LogP contribution in [0.1, 0.15) is 47.9 Å². The molecule has 1 nitrogen and oxygen atoms in total. The van der Waals surface area contributed by atoms with Crippen molar-refractivity contribution in [3.05, 3.63) is 70.8 Å². The van der Waals surface area contributed by atoms with E-state index < -0.39 is 0 Å². The van der Waals surface area contributed by atoms with Gasteiger partial charge in [0.15, 0.2) is 0 Å². The van der Waals surface area contributed by atoms with Gasteiger partial charge in [0.25, 0.3) is 0 Å². The van der Waals surface area contributed by atoms with E-state index >= 15 is 0 Å². The third kappa shape index (κ3) is 4.18. The van der Waals surface area contributed by atoms with E-state index in [1.54, 1.807) is 0 Å². The lowest BCUT2D eigenvalue weighted by Gasteiger charge is -2.14. The first-order valence-electron chi connectivity index (χ1n) is 7.32. The molecule has 0 aliphatic carbocycles. The molecule has 1 unspecified atom stereocenters. The van der Waals surface area contributed by atoms with Crippen molar-refractivity contribution in [3.63, 3.8) is 0 Å². The third-order valence-electron chi connectivity index (χ3n) is 3.84. The zero-order valence-electron chi connectivity index (χ0n) is 12.8. The average molecular weight is 301 g/mol. The standard InChI is InChI=1S/C19H21ClO/c1-13(2)16-10-6-15(7-11-16)12-18(19(20)21)17-8-4-14(3)5-9-17/h4-11,13,18H,12H2,1-3H3. The summed E-state index contributed by atoms with van der Waals surface area (Å²) in [7, 11) is 0. The van der Waals surface area contributed by atoms with Crippen LogP contribution in [0.25, 0.3) is 0 Å². The molecule has 110 valence electrons. The molecule has 0 aliphatic rings. The minimum absolute atomic E-state index is 0.280. The molecular weight excluding hydrogens is 280 g/mol. The van der Waals surface area contributed by atoms with Crippen molar-refractivity contribution >= 4 is 16.8 Å². The second kappa shape index (κ2) is 6.91. The van der Waals surface area contributed by atoms with Crippen LogP contribution in [0.2, 0.25) is 0 Å². The monoisotopic (exact) mass is 300 g/mol. The maximum atomic E-state index is 11.8. The van der Waals surface area contributed by atoms with Crippen LogP contribution in [0.3, 0.4) is 0 Å². The summed E-state index contributed by atoms with van der Waals surface area (Å²) in [5, 5.41) is -0.299. The molecule has 0 saturated heterocycles. The Kier molecular flexibility index (Phi) is 5.19. The highest BCUT2D eigenvalue weighted by molar-refractivity contribution is 6.64. The maximum absolute atomic E-state index is 11.8. The van der Waals surface area contributed by atoms with E-state index in [9.17, 15) is 4.79 Å². The summed E-state index contributed by atoms with van der Waals surface area (Å²) in [5.74, 6) is 0.235. The fourth-order valence-electron chi connectivity index (χ4n) is 2.40. The number of carbonyl (C=O) groups excluding carboxylic acids is 1. The molecule has 1 atom stereocenters. The van der Waals surface area contributed by atoms with E-state index in [0.717, 1.165) is 11.1 Å². The fourth-order valence-corrected chi connectivity index (χ4v) is 2.61. The molecule has 2 aromatic rings. The normalized spacial score (nSPS) is 12.4. The first kappa shape index (κ1) is 15.8. The van der Waals surface area contributed by atoms with Crippen LogP contribution >= 0.6 is 11.6 Å². The smallest absolute Gasteiger partial charge is 0.229 e. The molecule has 0 spiro atoms. The second-order valence-electron chi connectivity index (χ2n) is 5.87. The zero-order chi connectivity index (χ0) is 15.4. The largest absolute Gasteiger partial charge is 0.281 e. The van der Waals surface area contributed by atoms with Crippen molar-refractivity contribution in [2.45, 2.75) is 39.0 Å². The average Bonchev–Trinajstić information content (AvgIpc) is 2.46. The number of rotatable bonds is 5. The Morgan fingerprint density at radius 2 is 1.48 bits per heavy atom. The number of hydrogen-bond donors (Lipinski definition) is 0. The van der Waals surface area contributed by atoms with Gasteiger partial charge < -0.3 is 0 Å². The van der Waals surface area contributed by atoms with Gasteiger partial charge >= 0.3 is 0 Å². The van der Waals surface area contributed by atoms with E-state index in [2.05, 4.69) is 38.1 Å². The molecule has 0 aromatic heterocycles. The van der Waals surface area contributed by atoms with Gasteiger partial charge in [0, 0.05) is 0 Å². The summed E-state index contributed by atoms with van der Waals surface area (Å²) < 4.78 is 0. The fraction of sp³-hybridized carbons (Fsp3) is 0.316. The van der Waals surface area contributed by atoms with Crippen LogP contribution in [0.5, 0.6) is 0 Å². The maximum Gasteiger partial charge on any atom is 0.229 e. The minimum atomic E-state index is -0.299. The summed E-state index contributed by atoms with van der Waals surface area (Å²) in [6, 6.07) is 16.5. The topological polar surface area (TPSA) is 17.1 Å². The van der Waals surface area contributed by atoms with Gasteiger partial charge in [0.05, 0.1) is 5.92 Å². The van der Waals surface area contributed by atoms with E-state index in [1.165, 1.54) is 11.1 Å². The first-order valence-corrected chi connectivity index (χ1v) is 7.70. The van der Waals surface area contributed by atoms with Crippen LogP contribution in [-0.2, 0) is 11.2 Å². The SMILES string of the molecule is Cc1ccc(C(Cc2ccc(C(C)C)cc2)C(=O)Cl)cc1.